The summed E-state index contributed by atoms with van der Waals surface area (Å²) in [5, 5.41) is 4.71. The van der Waals surface area contributed by atoms with Crippen molar-refractivity contribution in [2.75, 3.05) is 0 Å². The molecule has 0 spiro atoms. The van der Waals surface area contributed by atoms with Crippen LogP contribution >= 0.6 is 0 Å². The van der Waals surface area contributed by atoms with Crippen LogP contribution in [0, 0.1) is 0 Å². The number of furan rings is 1. The van der Waals surface area contributed by atoms with Crippen LogP contribution < -0.4 is 0 Å². The molecule has 206 valence electrons. The Morgan fingerprint density at radius 2 is 0.955 bits per heavy atom. The van der Waals surface area contributed by atoms with Crippen LogP contribution in [0.2, 0.25) is 0 Å². The number of fused-ring (bicyclic) bond motifs is 6. The Balaban J connectivity index is 1.37. The average Bonchev–Trinajstić information content (AvgIpc) is 3.65. The van der Waals surface area contributed by atoms with Gasteiger partial charge in [-0.3, -0.25) is 0 Å². The Morgan fingerprint density at radius 3 is 1.75 bits per heavy atom. The summed E-state index contributed by atoms with van der Waals surface area (Å²) in [5.41, 5.74) is 12.2. The number of para-hydroxylation sites is 3. The number of benzene rings is 7. The molecular weight excluding hydrogens is 534 g/mol. The topological polar surface area (TPSA) is 18.1 Å². The molecule has 9 rings (SSSR count). The van der Waals surface area contributed by atoms with Crippen molar-refractivity contribution in [1.29, 1.82) is 0 Å². The molecule has 0 radical (unpaired) electrons. The lowest BCUT2D eigenvalue weighted by Crippen LogP contribution is -1.92. The lowest BCUT2D eigenvalue weighted by Gasteiger charge is -2.09. The molecule has 0 saturated heterocycles. The van der Waals surface area contributed by atoms with Crippen molar-refractivity contribution in [1.82, 2.24) is 4.57 Å². The van der Waals surface area contributed by atoms with Gasteiger partial charge in [-0.25, -0.2) is 0 Å². The second-order valence-corrected chi connectivity index (χ2v) is 11.3. The quantitative estimate of drug-likeness (QED) is 0.209. The number of nitrogens with zero attached hydrogens (tertiary/aromatic N) is 1. The Labute approximate surface area is 255 Å². The third-order valence-electron chi connectivity index (χ3n) is 8.79. The van der Waals surface area contributed by atoms with Crippen LogP contribution in [0.1, 0.15) is 0 Å². The molecule has 0 aliphatic rings. The molecule has 2 nitrogen and oxygen atoms in total. The molecule has 0 atom stereocenters. The van der Waals surface area contributed by atoms with E-state index in [0.29, 0.717) is 0 Å². The Kier molecular flexibility index (Phi) is 5.54. The van der Waals surface area contributed by atoms with Crippen molar-refractivity contribution in [3.05, 3.63) is 164 Å². The van der Waals surface area contributed by atoms with Gasteiger partial charge in [0.25, 0.3) is 0 Å². The molecule has 0 bridgehead atoms. The van der Waals surface area contributed by atoms with Crippen LogP contribution in [0.3, 0.4) is 0 Å². The fourth-order valence-corrected chi connectivity index (χ4v) is 6.84. The maximum absolute atomic E-state index is 6.96. The van der Waals surface area contributed by atoms with E-state index in [4.69, 9.17) is 4.42 Å². The normalized spacial score (nSPS) is 11.6. The van der Waals surface area contributed by atoms with Crippen LogP contribution in [0.15, 0.2) is 168 Å². The molecular formula is C42H27NO. The summed E-state index contributed by atoms with van der Waals surface area (Å²) in [6.45, 7) is 0. The van der Waals surface area contributed by atoms with Crippen LogP contribution in [-0.4, -0.2) is 4.57 Å². The van der Waals surface area contributed by atoms with E-state index >= 15 is 0 Å². The molecule has 2 aromatic heterocycles. The summed E-state index contributed by atoms with van der Waals surface area (Å²) in [6, 6.07) is 58.2. The van der Waals surface area contributed by atoms with Gasteiger partial charge in [0.2, 0.25) is 0 Å². The van der Waals surface area contributed by atoms with Crippen LogP contribution in [0.25, 0.3) is 82.8 Å². The van der Waals surface area contributed by atoms with Crippen molar-refractivity contribution in [2.24, 2.45) is 0 Å². The summed E-state index contributed by atoms with van der Waals surface area (Å²) >= 11 is 0. The molecule has 0 fully saturated rings. The Morgan fingerprint density at radius 1 is 0.364 bits per heavy atom. The summed E-state index contributed by atoms with van der Waals surface area (Å²) in [4.78, 5) is 0. The standard InChI is InChI=1S/C42H27NO/c1-4-14-28(15-5-1)30-26-36(29-16-6-2-7-17-29)42-37(27-30)34-23-12-22-33(41(34)44-42)32-21-13-25-39-40(32)35-20-10-11-24-38(35)43(39)31-18-8-3-9-19-31/h1-27H. The van der Waals surface area contributed by atoms with Gasteiger partial charge in [-0.05, 0) is 58.7 Å². The SMILES string of the molecule is c1ccc(-c2cc(-c3ccccc3)c3oc4c(-c5cccc6c5c5ccccc5n6-c5ccccc5)cccc4c3c2)cc1. The van der Waals surface area contributed by atoms with E-state index in [9.17, 15) is 0 Å². The maximum atomic E-state index is 6.96. The lowest BCUT2D eigenvalue weighted by atomic mass is 9.94. The van der Waals surface area contributed by atoms with Gasteiger partial charge in [-0.15, -0.1) is 0 Å². The van der Waals surface area contributed by atoms with E-state index in [1.807, 2.05) is 0 Å². The first-order chi connectivity index (χ1) is 21.8. The zero-order valence-electron chi connectivity index (χ0n) is 23.9. The molecule has 0 amide bonds. The number of rotatable bonds is 4. The summed E-state index contributed by atoms with van der Waals surface area (Å²) in [5.74, 6) is 0. The maximum Gasteiger partial charge on any atom is 0.143 e. The van der Waals surface area contributed by atoms with Crippen molar-refractivity contribution in [2.45, 2.75) is 0 Å². The van der Waals surface area contributed by atoms with E-state index in [1.165, 1.54) is 38.5 Å². The zero-order chi connectivity index (χ0) is 29.0. The van der Waals surface area contributed by atoms with Gasteiger partial charge >= 0.3 is 0 Å². The van der Waals surface area contributed by atoms with Gasteiger partial charge in [-0.2, -0.15) is 0 Å². The molecule has 2 heterocycles. The Bertz CT molecular complexity index is 2470. The first-order valence-electron chi connectivity index (χ1n) is 15.0. The first-order valence-corrected chi connectivity index (χ1v) is 15.0. The minimum absolute atomic E-state index is 0.911. The van der Waals surface area contributed by atoms with Crippen molar-refractivity contribution < 1.29 is 4.42 Å². The smallest absolute Gasteiger partial charge is 0.143 e. The van der Waals surface area contributed by atoms with E-state index in [2.05, 4.69) is 168 Å². The van der Waals surface area contributed by atoms with Crippen molar-refractivity contribution in [3.8, 4) is 39.1 Å². The largest absolute Gasteiger partial charge is 0.455 e. The zero-order valence-corrected chi connectivity index (χ0v) is 23.9. The van der Waals surface area contributed by atoms with Gasteiger partial charge in [-0.1, -0.05) is 127 Å². The van der Waals surface area contributed by atoms with E-state index in [-0.39, 0.29) is 0 Å². The van der Waals surface area contributed by atoms with Gasteiger partial charge in [0, 0.05) is 38.4 Å². The van der Waals surface area contributed by atoms with Gasteiger partial charge in [0.15, 0.2) is 0 Å². The molecule has 0 aliphatic carbocycles. The molecule has 0 saturated carbocycles. The number of aromatic nitrogens is 1. The van der Waals surface area contributed by atoms with Gasteiger partial charge in [0.1, 0.15) is 11.2 Å². The van der Waals surface area contributed by atoms with Gasteiger partial charge < -0.3 is 8.98 Å². The Hall–Kier alpha value is -5.86. The highest BCUT2D eigenvalue weighted by atomic mass is 16.3. The van der Waals surface area contributed by atoms with E-state index in [0.717, 1.165) is 44.3 Å². The molecule has 7 aromatic carbocycles. The second-order valence-electron chi connectivity index (χ2n) is 11.3. The lowest BCUT2D eigenvalue weighted by molar-refractivity contribution is 0.671. The highest BCUT2D eigenvalue weighted by molar-refractivity contribution is 6.20. The molecule has 0 N–H and O–H groups in total. The minimum atomic E-state index is 0.911. The predicted octanol–water partition coefficient (Wildman–Crippen LogP) is 11.7. The average molecular weight is 562 g/mol. The second kappa shape index (κ2) is 9.86. The molecule has 0 unspecified atom stereocenters. The third-order valence-corrected chi connectivity index (χ3v) is 8.79. The predicted molar refractivity (Wildman–Crippen MR) is 184 cm³/mol. The fourth-order valence-electron chi connectivity index (χ4n) is 6.84. The van der Waals surface area contributed by atoms with E-state index < -0.39 is 0 Å². The molecule has 2 heteroatoms. The summed E-state index contributed by atoms with van der Waals surface area (Å²) < 4.78 is 9.33. The van der Waals surface area contributed by atoms with Crippen molar-refractivity contribution >= 4 is 43.7 Å². The summed E-state index contributed by atoms with van der Waals surface area (Å²) in [6.07, 6.45) is 0. The fraction of sp³-hybridized carbons (Fsp3) is 0. The molecule has 44 heavy (non-hydrogen) atoms. The third kappa shape index (κ3) is 3.75. The van der Waals surface area contributed by atoms with E-state index in [1.54, 1.807) is 0 Å². The highest BCUT2D eigenvalue weighted by Gasteiger charge is 2.21. The van der Waals surface area contributed by atoms with Crippen LogP contribution in [0.5, 0.6) is 0 Å². The number of hydrogen-bond donors (Lipinski definition) is 0. The minimum Gasteiger partial charge on any atom is -0.455 e. The highest BCUT2D eigenvalue weighted by Crippen LogP contribution is 2.45. The number of hydrogen-bond acceptors (Lipinski definition) is 1. The van der Waals surface area contributed by atoms with Crippen LogP contribution in [-0.2, 0) is 0 Å². The van der Waals surface area contributed by atoms with Gasteiger partial charge in [0.05, 0.1) is 11.0 Å². The molecule has 9 aromatic rings. The molecule has 0 aliphatic heterocycles. The first kappa shape index (κ1) is 24.7. The monoisotopic (exact) mass is 561 g/mol. The van der Waals surface area contributed by atoms with Crippen LogP contribution in [0.4, 0.5) is 0 Å². The summed E-state index contributed by atoms with van der Waals surface area (Å²) in [7, 11) is 0. The van der Waals surface area contributed by atoms with Crippen molar-refractivity contribution in [3.63, 3.8) is 0 Å².